The first-order valence-electron chi connectivity index (χ1n) is 8.09. The molecule has 0 aliphatic carbocycles. The summed E-state index contributed by atoms with van der Waals surface area (Å²) in [5.74, 6) is 0.0243. The second-order valence-electron chi connectivity index (χ2n) is 6.21. The van der Waals surface area contributed by atoms with E-state index in [4.69, 9.17) is 0 Å². The van der Waals surface area contributed by atoms with E-state index in [1.165, 1.54) is 11.3 Å². The molecule has 124 valence electrons. The molecular formula is C17H23N3O2S. The van der Waals surface area contributed by atoms with Gasteiger partial charge in [0.1, 0.15) is 0 Å². The van der Waals surface area contributed by atoms with E-state index >= 15 is 0 Å². The molecule has 3 rings (SSSR count). The van der Waals surface area contributed by atoms with Crippen LogP contribution in [0.25, 0.3) is 10.2 Å². The molecule has 1 aromatic heterocycles. The lowest BCUT2D eigenvalue weighted by molar-refractivity contribution is -0.121. The summed E-state index contributed by atoms with van der Waals surface area (Å²) in [5, 5.41) is 10.3. The van der Waals surface area contributed by atoms with E-state index in [-0.39, 0.29) is 18.6 Å². The molecule has 0 bridgehead atoms. The molecule has 2 aromatic rings. The number of thiazole rings is 1. The molecule has 1 fully saturated rings. The molecule has 1 aromatic carbocycles. The normalized spacial score (nSPS) is 22.4. The van der Waals surface area contributed by atoms with Gasteiger partial charge in [-0.25, -0.2) is 4.98 Å². The number of aliphatic hydroxyl groups is 1. The van der Waals surface area contributed by atoms with E-state index in [9.17, 15) is 9.90 Å². The predicted molar refractivity (Wildman–Crippen MR) is 93.9 cm³/mol. The van der Waals surface area contributed by atoms with Crippen molar-refractivity contribution in [3.63, 3.8) is 0 Å². The Hall–Kier alpha value is -1.50. The molecule has 1 saturated heterocycles. The number of aliphatic hydroxyl groups excluding tert-OH is 1. The van der Waals surface area contributed by atoms with E-state index in [0.29, 0.717) is 12.6 Å². The Kier molecular flexibility index (Phi) is 4.94. The quantitative estimate of drug-likeness (QED) is 0.934. The molecule has 2 heterocycles. The summed E-state index contributed by atoms with van der Waals surface area (Å²) in [6.07, 6.45) is 3.15. The Morgan fingerprint density at radius 1 is 1.43 bits per heavy atom. The fraction of sp³-hybridized carbons (Fsp3) is 0.529. The third-order valence-corrected chi connectivity index (χ3v) is 5.78. The topological polar surface area (TPSA) is 56.7 Å². The zero-order chi connectivity index (χ0) is 16.4. The first kappa shape index (κ1) is 16.4. The van der Waals surface area contributed by atoms with Gasteiger partial charge >= 0.3 is 0 Å². The number of likely N-dealkylation sites (tertiary alicyclic amines) is 1. The van der Waals surface area contributed by atoms with Gasteiger partial charge in [0.2, 0.25) is 5.91 Å². The first-order chi connectivity index (χ1) is 11.1. The van der Waals surface area contributed by atoms with Crippen molar-refractivity contribution in [2.45, 2.75) is 38.3 Å². The van der Waals surface area contributed by atoms with E-state index in [1.54, 1.807) is 11.9 Å². The molecule has 1 aliphatic heterocycles. The largest absolute Gasteiger partial charge is 0.395 e. The monoisotopic (exact) mass is 333 g/mol. The predicted octanol–water partition coefficient (Wildman–Crippen LogP) is 2.49. The van der Waals surface area contributed by atoms with E-state index in [2.05, 4.69) is 16.8 Å². The van der Waals surface area contributed by atoms with Crippen LogP contribution in [-0.4, -0.2) is 53.2 Å². The van der Waals surface area contributed by atoms with Crippen LogP contribution < -0.4 is 4.90 Å². The van der Waals surface area contributed by atoms with Crippen LogP contribution in [0.5, 0.6) is 0 Å². The van der Waals surface area contributed by atoms with Gasteiger partial charge in [-0.2, -0.15) is 0 Å². The average molecular weight is 333 g/mol. The fourth-order valence-electron chi connectivity index (χ4n) is 3.19. The fourth-order valence-corrected chi connectivity index (χ4v) is 4.14. The minimum Gasteiger partial charge on any atom is -0.395 e. The highest BCUT2D eigenvalue weighted by atomic mass is 32.1. The smallest absolute Gasteiger partial charge is 0.242 e. The first-order valence-corrected chi connectivity index (χ1v) is 8.90. The molecule has 2 unspecified atom stereocenters. The summed E-state index contributed by atoms with van der Waals surface area (Å²) in [4.78, 5) is 21.0. The standard InChI is InChI=1S/C17H23N3O2S/c1-12-6-5-7-13(11-21)20(12)10-16(22)19(2)17-18-14-8-3-4-9-15(14)23-17/h3-4,8-9,12-13,21H,5-7,10-11H2,1-2H3. The average Bonchev–Trinajstić information content (AvgIpc) is 2.99. The highest BCUT2D eigenvalue weighted by Crippen LogP contribution is 2.28. The van der Waals surface area contributed by atoms with Crippen molar-refractivity contribution in [1.82, 2.24) is 9.88 Å². The number of carbonyl (C=O) groups is 1. The van der Waals surface area contributed by atoms with E-state index in [1.807, 2.05) is 24.3 Å². The maximum atomic E-state index is 12.7. The van der Waals surface area contributed by atoms with Crippen LogP contribution in [-0.2, 0) is 4.79 Å². The van der Waals surface area contributed by atoms with Gasteiger partial charge in [0, 0.05) is 19.1 Å². The summed E-state index contributed by atoms with van der Waals surface area (Å²) in [5.41, 5.74) is 0.923. The summed E-state index contributed by atoms with van der Waals surface area (Å²) in [6.45, 7) is 2.58. The van der Waals surface area contributed by atoms with Gasteiger partial charge in [-0.05, 0) is 31.9 Å². The van der Waals surface area contributed by atoms with Crippen LogP contribution in [0.3, 0.4) is 0 Å². The van der Waals surface area contributed by atoms with Crippen molar-refractivity contribution in [3.8, 4) is 0 Å². The second kappa shape index (κ2) is 6.95. The molecule has 2 atom stereocenters. The number of hydrogen-bond acceptors (Lipinski definition) is 5. The lowest BCUT2D eigenvalue weighted by Crippen LogP contribution is -2.51. The number of para-hydroxylation sites is 1. The van der Waals surface area contributed by atoms with Crippen LogP contribution in [0.15, 0.2) is 24.3 Å². The van der Waals surface area contributed by atoms with Crippen molar-refractivity contribution in [2.24, 2.45) is 0 Å². The Morgan fingerprint density at radius 3 is 2.96 bits per heavy atom. The van der Waals surface area contributed by atoms with Gasteiger partial charge in [0.25, 0.3) is 0 Å². The van der Waals surface area contributed by atoms with Gasteiger partial charge in [-0.1, -0.05) is 29.9 Å². The van der Waals surface area contributed by atoms with Crippen LogP contribution in [0.1, 0.15) is 26.2 Å². The number of amides is 1. The maximum absolute atomic E-state index is 12.7. The minimum atomic E-state index is 0.0243. The zero-order valence-corrected chi connectivity index (χ0v) is 14.4. The molecule has 0 radical (unpaired) electrons. The number of fused-ring (bicyclic) bond motifs is 1. The SMILES string of the molecule is CC1CCCC(CO)N1CC(=O)N(C)c1nc2ccccc2s1. The van der Waals surface area contributed by atoms with Crippen molar-refractivity contribution < 1.29 is 9.90 Å². The molecule has 23 heavy (non-hydrogen) atoms. The van der Waals surface area contributed by atoms with Gasteiger partial charge in [-0.3, -0.25) is 14.6 Å². The van der Waals surface area contributed by atoms with Gasteiger partial charge in [0.05, 0.1) is 23.4 Å². The van der Waals surface area contributed by atoms with Crippen molar-refractivity contribution in [2.75, 3.05) is 25.1 Å². The lowest BCUT2D eigenvalue weighted by Gasteiger charge is -2.39. The summed E-state index contributed by atoms with van der Waals surface area (Å²) < 4.78 is 1.08. The van der Waals surface area contributed by atoms with Crippen LogP contribution in [0.4, 0.5) is 5.13 Å². The van der Waals surface area contributed by atoms with Crippen LogP contribution >= 0.6 is 11.3 Å². The number of piperidine rings is 1. The highest BCUT2D eigenvalue weighted by Gasteiger charge is 2.30. The van der Waals surface area contributed by atoms with Crippen LogP contribution in [0.2, 0.25) is 0 Å². The number of benzene rings is 1. The highest BCUT2D eigenvalue weighted by molar-refractivity contribution is 7.22. The van der Waals surface area contributed by atoms with Gasteiger partial charge in [0.15, 0.2) is 5.13 Å². The van der Waals surface area contributed by atoms with E-state index in [0.717, 1.165) is 34.6 Å². The maximum Gasteiger partial charge on any atom is 0.242 e. The minimum absolute atomic E-state index is 0.0243. The number of likely N-dealkylation sites (N-methyl/N-ethyl adjacent to an activating group) is 1. The zero-order valence-electron chi connectivity index (χ0n) is 13.6. The third kappa shape index (κ3) is 3.39. The Labute approximate surface area is 140 Å². The third-order valence-electron chi connectivity index (χ3n) is 4.67. The van der Waals surface area contributed by atoms with Crippen molar-refractivity contribution in [1.29, 1.82) is 0 Å². The molecule has 1 aliphatic rings. The molecule has 0 spiro atoms. The number of carbonyl (C=O) groups excluding carboxylic acids is 1. The molecule has 0 saturated carbocycles. The van der Waals surface area contributed by atoms with Gasteiger partial charge < -0.3 is 5.11 Å². The molecule has 6 heteroatoms. The molecule has 5 nitrogen and oxygen atoms in total. The summed E-state index contributed by atoms with van der Waals surface area (Å²) in [7, 11) is 1.78. The number of rotatable bonds is 4. The van der Waals surface area contributed by atoms with Gasteiger partial charge in [-0.15, -0.1) is 0 Å². The lowest BCUT2D eigenvalue weighted by atomic mass is 9.97. The van der Waals surface area contributed by atoms with Crippen LogP contribution in [0, 0.1) is 0 Å². The summed E-state index contributed by atoms with van der Waals surface area (Å²) >= 11 is 1.53. The number of aromatic nitrogens is 1. The molecular weight excluding hydrogens is 310 g/mol. The van der Waals surface area contributed by atoms with Crippen molar-refractivity contribution in [3.05, 3.63) is 24.3 Å². The number of hydrogen-bond donors (Lipinski definition) is 1. The summed E-state index contributed by atoms with van der Waals surface area (Å²) in [6, 6.07) is 8.33. The number of anilines is 1. The van der Waals surface area contributed by atoms with E-state index < -0.39 is 0 Å². The Balaban J connectivity index is 1.73. The number of nitrogens with zero attached hydrogens (tertiary/aromatic N) is 3. The Morgan fingerprint density at radius 2 is 2.22 bits per heavy atom. The second-order valence-corrected chi connectivity index (χ2v) is 7.21. The Bertz CT molecular complexity index is 654. The van der Waals surface area contributed by atoms with Crippen molar-refractivity contribution >= 4 is 32.6 Å². The molecule has 1 N–H and O–H groups in total. The molecule has 1 amide bonds.